The van der Waals surface area contributed by atoms with E-state index in [1.165, 1.54) is 4.90 Å². The maximum absolute atomic E-state index is 12.7. The summed E-state index contributed by atoms with van der Waals surface area (Å²) in [5.74, 6) is -0.297. The van der Waals surface area contributed by atoms with E-state index in [9.17, 15) is 15.0 Å². The van der Waals surface area contributed by atoms with Gasteiger partial charge in [0.15, 0.2) is 0 Å². The van der Waals surface area contributed by atoms with Crippen LogP contribution in [-0.2, 0) is 0 Å². The molecule has 0 radical (unpaired) electrons. The van der Waals surface area contributed by atoms with Crippen molar-refractivity contribution in [2.24, 2.45) is 5.92 Å². The van der Waals surface area contributed by atoms with Gasteiger partial charge in [0.25, 0.3) is 5.91 Å². The van der Waals surface area contributed by atoms with Gasteiger partial charge in [-0.15, -0.1) is 0 Å². The van der Waals surface area contributed by atoms with Crippen LogP contribution in [0.1, 0.15) is 23.2 Å². The van der Waals surface area contributed by atoms with Crippen LogP contribution in [0.2, 0.25) is 5.02 Å². The van der Waals surface area contributed by atoms with Crippen molar-refractivity contribution in [3.05, 3.63) is 53.1 Å². The molecular weight excluding hydrogens is 326 g/mol. The van der Waals surface area contributed by atoms with Gasteiger partial charge in [-0.1, -0.05) is 41.9 Å². The molecule has 1 amide bonds. The number of phenolic OH excluding ortho intramolecular Hbond substituents is 1. The number of halogens is 1. The van der Waals surface area contributed by atoms with Crippen molar-refractivity contribution in [1.82, 2.24) is 4.90 Å². The normalized spacial score (nSPS) is 15.1. The first kappa shape index (κ1) is 16.8. The summed E-state index contributed by atoms with van der Waals surface area (Å²) in [6.07, 6.45) is 1.49. The number of aliphatic hydroxyl groups excluding tert-OH is 1. The van der Waals surface area contributed by atoms with Crippen molar-refractivity contribution in [1.29, 1.82) is 0 Å². The number of aromatic hydroxyl groups is 1. The van der Waals surface area contributed by atoms with Gasteiger partial charge >= 0.3 is 0 Å². The van der Waals surface area contributed by atoms with Crippen LogP contribution in [-0.4, -0.2) is 40.7 Å². The van der Waals surface area contributed by atoms with Gasteiger partial charge in [0.05, 0.1) is 16.7 Å². The summed E-state index contributed by atoms with van der Waals surface area (Å²) < 4.78 is 0. The Morgan fingerprint density at radius 1 is 1.25 bits per heavy atom. The Kier molecular flexibility index (Phi) is 4.78. The zero-order valence-corrected chi connectivity index (χ0v) is 14.2. The Hall–Kier alpha value is -2.04. The summed E-state index contributed by atoms with van der Waals surface area (Å²) in [4.78, 5) is 14.1. The van der Waals surface area contributed by atoms with E-state index in [4.69, 9.17) is 11.6 Å². The predicted octanol–water partition coefficient (Wildman–Crippen LogP) is 3.56. The first-order valence-electron chi connectivity index (χ1n) is 7.99. The Labute approximate surface area is 146 Å². The van der Waals surface area contributed by atoms with Crippen LogP contribution in [0, 0.1) is 5.92 Å². The van der Waals surface area contributed by atoms with Crippen molar-refractivity contribution in [3.8, 4) is 16.9 Å². The third-order valence-electron chi connectivity index (χ3n) is 4.37. The van der Waals surface area contributed by atoms with Gasteiger partial charge < -0.3 is 15.1 Å². The van der Waals surface area contributed by atoms with E-state index in [-0.39, 0.29) is 34.7 Å². The van der Waals surface area contributed by atoms with Gasteiger partial charge in [-0.3, -0.25) is 4.79 Å². The highest BCUT2D eigenvalue weighted by Crippen LogP contribution is 2.35. The molecule has 0 aliphatic heterocycles. The number of carbonyl (C=O) groups is 1. The molecule has 2 aromatic rings. The molecule has 0 aromatic heterocycles. The Morgan fingerprint density at radius 3 is 2.54 bits per heavy atom. The third-order valence-corrected chi connectivity index (χ3v) is 4.66. The molecule has 5 heteroatoms. The van der Waals surface area contributed by atoms with Crippen LogP contribution >= 0.6 is 11.6 Å². The van der Waals surface area contributed by atoms with Gasteiger partial charge in [0.2, 0.25) is 0 Å². The van der Waals surface area contributed by atoms with Crippen molar-refractivity contribution < 1.29 is 15.0 Å². The second-order valence-electron chi connectivity index (χ2n) is 6.31. The largest absolute Gasteiger partial charge is 0.506 e. The second kappa shape index (κ2) is 6.83. The summed E-state index contributed by atoms with van der Waals surface area (Å²) in [5, 5.41) is 20.4. The van der Waals surface area contributed by atoms with E-state index in [0.717, 1.165) is 24.0 Å². The molecular formula is C19H20ClNO3. The number of likely N-dealkylation sites (N-methyl/N-ethyl adjacent to an activating group) is 1. The zero-order chi connectivity index (χ0) is 17.3. The van der Waals surface area contributed by atoms with Gasteiger partial charge in [0, 0.05) is 13.6 Å². The summed E-state index contributed by atoms with van der Waals surface area (Å²) >= 11 is 6.11. The Balaban J connectivity index is 1.88. The molecule has 4 nitrogen and oxygen atoms in total. The number of nitrogens with zero attached hydrogens (tertiary/aromatic N) is 1. The molecule has 2 N–H and O–H groups in total. The highest BCUT2D eigenvalue weighted by molar-refractivity contribution is 6.33. The van der Waals surface area contributed by atoms with Crippen LogP contribution in [0.4, 0.5) is 0 Å². The lowest BCUT2D eigenvalue weighted by molar-refractivity contribution is 0.0642. The Bertz CT molecular complexity index is 744. The minimum atomic E-state index is -0.520. The van der Waals surface area contributed by atoms with Crippen LogP contribution in [0.25, 0.3) is 11.1 Å². The first-order chi connectivity index (χ1) is 11.5. The molecule has 0 saturated heterocycles. The number of amides is 1. The molecule has 1 aliphatic carbocycles. The van der Waals surface area contributed by atoms with Crippen molar-refractivity contribution >= 4 is 17.5 Å². The van der Waals surface area contributed by atoms with Gasteiger partial charge in [-0.2, -0.15) is 0 Å². The van der Waals surface area contributed by atoms with Gasteiger partial charge in [-0.25, -0.2) is 0 Å². The molecule has 126 valence electrons. The molecule has 1 atom stereocenters. The van der Waals surface area contributed by atoms with E-state index >= 15 is 0 Å². The number of benzene rings is 2. The maximum Gasteiger partial charge on any atom is 0.257 e. The molecule has 1 fully saturated rings. The molecule has 0 heterocycles. The summed E-state index contributed by atoms with van der Waals surface area (Å²) in [6, 6.07) is 12.8. The number of carbonyl (C=O) groups excluding carboxylic acids is 1. The van der Waals surface area contributed by atoms with E-state index < -0.39 is 6.10 Å². The van der Waals surface area contributed by atoms with E-state index in [0.29, 0.717) is 0 Å². The van der Waals surface area contributed by atoms with Gasteiger partial charge in [-0.05, 0) is 42.0 Å². The minimum Gasteiger partial charge on any atom is -0.506 e. The SMILES string of the molecule is CN(CC(O)C1CC1)C(=O)c1cc(-c2ccccc2)cc(Cl)c1O. The quantitative estimate of drug-likeness (QED) is 0.871. The van der Waals surface area contributed by atoms with Crippen LogP contribution < -0.4 is 0 Å². The molecule has 1 aliphatic rings. The minimum absolute atomic E-state index is 0.135. The van der Waals surface area contributed by atoms with Crippen molar-refractivity contribution in [2.75, 3.05) is 13.6 Å². The molecule has 1 saturated carbocycles. The number of hydrogen-bond acceptors (Lipinski definition) is 3. The van der Waals surface area contributed by atoms with Crippen molar-refractivity contribution in [3.63, 3.8) is 0 Å². The molecule has 24 heavy (non-hydrogen) atoms. The molecule has 1 unspecified atom stereocenters. The molecule has 3 rings (SSSR count). The average molecular weight is 346 g/mol. The average Bonchev–Trinajstić information content (AvgIpc) is 3.42. The lowest BCUT2D eigenvalue weighted by Gasteiger charge is -2.22. The topological polar surface area (TPSA) is 60.8 Å². The lowest BCUT2D eigenvalue weighted by Crippen LogP contribution is -2.35. The highest BCUT2D eigenvalue weighted by Gasteiger charge is 2.31. The fourth-order valence-electron chi connectivity index (χ4n) is 2.76. The fraction of sp³-hybridized carbons (Fsp3) is 0.316. The summed E-state index contributed by atoms with van der Waals surface area (Å²) in [5.41, 5.74) is 1.82. The van der Waals surface area contributed by atoms with Gasteiger partial charge in [0.1, 0.15) is 5.75 Å². The first-order valence-corrected chi connectivity index (χ1v) is 8.36. The number of phenols is 1. The molecule has 2 aromatic carbocycles. The number of hydrogen-bond donors (Lipinski definition) is 2. The highest BCUT2D eigenvalue weighted by atomic mass is 35.5. The van der Waals surface area contributed by atoms with E-state index in [1.54, 1.807) is 19.2 Å². The van der Waals surface area contributed by atoms with Crippen molar-refractivity contribution in [2.45, 2.75) is 18.9 Å². The monoisotopic (exact) mass is 345 g/mol. The lowest BCUT2D eigenvalue weighted by atomic mass is 10.0. The summed E-state index contributed by atoms with van der Waals surface area (Å²) in [7, 11) is 1.62. The number of aliphatic hydroxyl groups is 1. The smallest absolute Gasteiger partial charge is 0.257 e. The van der Waals surface area contributed by atoms with E-state index in [2.05, 4.69) is 0 Å². The third kappa shape index (κ3) is 3.55. The standard InChI is InChI=1S/C19H20ClNO3/c1-21(11-17(22)13-7-8-13)19(24)15-9-14(10-16(20)18(15)23)12-5-3-2-4-6-12/h2-6,9-10,13,17,22-23H,7-8,11H2,1H3. The predicted molar refractivity (Wildman–Crippen MR) is 94.2 cm³/mol. The van der Waals surface area contributed by atoms with Crippen LogP contribution in [0.5, 0.6) is 5.75 Å². The maximum atomic E-state index is 12.7. The van der Waals surface area contributed by atoms with E-state index in [1.807, 2.05) is 30.3 Å². The van der Waals surface area contributed by atoms with Crippen LogP contribution in [0.3, 0.4) is 0 Å². The Morgan fingerprint density at radius 2 is 1.92 bits per heavy atom. The van der Waals surface area contributed by atoms with Crippen LogP contribution in [0.15, 0.2) is 42.5 Å². The molecule has 0 bridgehead atoms. The zero-order valence-electron chi connectivity index (χ0n) is 13.4. The number of rotatable bonds is 5. The molecule has 0 spiro atoms. The summed E-state index contributed by atoms with van der Waals surface area (Å²) in [6.45, 7) is 0.246. The second-order valence-corrected chi connectivity index (χ2v) is 6.72. The fourth-order valence-corrected chi connectivity index (χ4v) is 2.98.